The third kappa shape index (κ3) is 1.97. The van der Waals surface area contributed by atoms with Crippen molar-refractivity contribution in [1.82, 2.24) is 14.5 Å². The lowest BCUT2D eigenvalue weighted by Crippen LogP contribution is -1.98. The van der Waals surface area contributed by atoms with Crippen molar-refractivity contribution in [2.45, 2.75) is 0 Å². The lowest BCUT2D eigenvalue weighted by atomic mass is 10.2. The highest BCUT2D eigenvalue weighted by atomic mass is 15.1. The molecule has 4 nitrogen and oxygen atoms in total. The summed E-state index contributed by atoms with van der Waals surface area (Å²) in [5.74, 6) is 1.50. The van der Waals surface area contributed by atoms with E-state index in [0.29, 0.717) is 5.82 Å². The molecule has 0 bridgehead atoms. The smallest absolute Gasteiger partial charge is 0.142 e. The number of nitrogen functional groups attached to an aromatic ring is 1. The lowest BCUT2D eigenvalue weighted by molar-refractivity contribution is 0.937. The second-order valence-electron chi connectivity index (χ2n) is 4.34. The molecule has 0 fully saturated rings. The third-order valence-electron chi connectivity index (χ3n) is 3.11. The maximum Gasteiger partial charge on any atom is 0.142 e. The molecule has 2 heterocycles. The first kappa shape index (κ1) is 11.5. The summed E-state index contributed by atoms with van der Waals surface area (Å²) in [6.45, 7) is 0. The van der Waals surface area contributed by atoms with Crippen molar-refractivity contribution >= 4 is 5.82 Å². The van der Waals surface area contributed by atoms with E-state index >= 15 is 0 Å². The van der Waals surface area contributed by atoms with E-state index in [1.54, 1.807) is 12.4 Å². The number of nitrogens with two attached hydrogens (primary N) is 1. The molecule has 0 saturated carbocycles. The number of benzene rings is 1. The Morgan fingerprint density at radius 1 is 1.00 bits per heavy atom. The van der Waals surface area contributed by atoms with E-state index in [0.717, 1.165) is 22.6 Å². The molecular weight excluding hydrogens is 236 g/mol. The quantitative estimate of drug-likeness (QED) is 0.760. The van der Waals surface area contributed by atoms with Crippen molar-refractivity contribution in [3.05, 3.63) is 54.9 Å². The molecular formula is C15H14N4. The Hall–Kier alpha value is -2.62. The zero-order chi connectivity index (χ0) is 13.2. The van der Waals surface area contributed by atoms with Gasteiger partial charge >= 0.3 is 0 Å². The number of nitrogens with zero attached hydrogens (tertiary/aromatic N) is 3. The van der Waals surface area contributed by atoms with Crippen LogP contribution < -0.4 is 5.73 Å². The molecule has 94 valence electrons. The second kappa shape index (κ2) is 4.57. The highest BCUT2D eigenvalue weighted by molar-refractivity contribution is 5.74. The molecule has 0 radical (unpaired) electrons. The van der Waals surface area contributed by atoms with Gasteiger partial charge in [-0.1, -0.05) is 30.3 Å². The lowest BCUT2D eigenvalue weighted by Gasteiger charge is -2.02. The largest absolute Gasteiger partial charge is 0.383 e. The molecule has 3 rings (SSSR count). The molecule has 2 N–H and O–H groups in total. The van der Waals surface area contributed by atoms with Gasteiger partial charge in [-0.2, -0.15) is 0 Å². The van der Waals surface area contributed by atoms with E-state index in [-0.39, 0.29) is 0 Å². The van der Waals surface area contributed by atoms with Gasteiger partial charge in [-0.05, 0) is 12.1 Å². The van der Waals surface area contributed by atoms with Crippen LogP contribution in [0.5, 0.6) is 0 Å². The maximum atomic E-state index is 6.15. The zero-order valence-electron chi connectivity index (χ0n) is 10.6. The normalized spacial score (nSPS) is 10.6. The molecule has 0 unspecified atom stereocenters. The summed E-state index contributed by atoms with van der Waals surface area (Å²) in [7, 11) is 1.92. The van der Waals surface area contributed by atoms with Crippen LogP contribution in [0, 0.1) is 0 Å². The Morgan fingerprint density at radius 3 is 2.42 bits per heavy atom. The van der Waals surface area contributed by atoms with E-state index in [2.05, 4.69) is 9.97 Å². The van der Waals surface area contributed by atoms with E-state index in [4.69, 9.17) is 5.73 Å². The molecule has 4 heteroatoms. The fourth-order valence-electron chi connectivity index (χ4n) is 2.07. The fourth-order valence-corrected chi connectivity index (χ4v) is 2.07. The van der Waals surface area contributed by atoms with E-state index < -0.39 is 0 Å². The number of pyridine rings is 1. The topological polar surface area (TPSA) is 56.7 Å². The molecule has 0 aliphatic carbocycles. The zero-order valence-corrected chi connectivity index (χ0v) is 10.6. The van der Waals surface area contributed by atoms with Gasteiger partial charge in [0.1, 0.15) is 17.3 Å². The van der Waals surface area contributed by atoms with Gasteiger partial charge in [0.05, 0.1) is 0 Å². The third-order valence-corrected chi connectivity index (χ3v) is 3.11. The number of rotatable bonds is 2. The van der Waals surface area contributed by atoms with E-state index in [1.807, 2.05) is 54.1 Å². The summed E-state index contributed by atoms with van der Waals surface area (Å²) < 4.78 is 1.90. The highest BCUT2D eigenvalue weighted by Crippen LogP contribution is 2.29. The minimum absolute atomic E-state index is 0.645. The van der Waals surface area contributed by atoms with Gasteiger partial charge < -0.3 is 10.3 Å². The molecule has 0 saturated heterocycles. The van der Waals surface area contributed by atoms with Crippen molar-refractivity contribution in [2.24, 2.45) is 7.05 Å². The molecule has 0 aliphatic rings. The summed E-state index contributed by atoms with van der Waals surface area (Å²) in [6.07, 6.45) is 3.51. The fraction of sp³-hybridized carbons (Fsp3) is 0.0667. The Kier molecular flexibility index (Phi) is 2.76. The predicted molar refractivity (Wildman–Crippen MR) is 76.3 cm³/mol. The van der Waals surface area contributed by atoms with Crippen molar-refractivity contribution in [3.63, 3.8) is 0 Å². The maximum absolute atomic E-state index is 6.15. The number of imidazole rings is 1. The van der Waals surface area contributed by atoms with Crippen LogP contribution in [0.15, 0.2) is 54.9 Å². The van der Waals surface area contributed by atoms with Crippen LogP contribution >= 0.6 is 0 Å². The number of hydrogen-bond donors (Lipinski definition) is 1. The Morgan fingerprint density at radius 2 is 1.74 bits per heavy atom. The molecule has 3 aromatic rings. The monoisotopic (exact) mass is 250 g/mol. The predicted octanol–water partition coefficient (Wildman–Crippen LogP) is 2.73. The van der Waals surface area contributed by atoms with Gasteiger partial charge in [-0.25, -0.2) is 4.98 Å². The molecule has 0 atom stereocenters. The van der Waals surface area contributed by atoms with Crippen LogP contribution in [0.3, 0.4) is 0 Å². The van der Waals surface area contributed by atoms with Gasteiger partial charge in [0.25, 0.3) is 0 Å². The number of anilines is 1. The summed E-state index contributed by atoms with van der Waals surface area (Å²) >= 11 is 0. The molecule has 0 amide bonds. The summed E-state index contributed by atoms with van der Waals surface area (Å²) in [5.41, 5.74) is 8.89. The first-order chi connectivity index (χ1) is 9.27. The van der Waals surface area contributed by atoms with Gasteiger partial charge in [-0.3, -0.25) is 4.98 Å². The van der Waals surface area contributed by atoms with Gasteiger partial charge in [-0.15, -0.1) is 0 Å². The van der Waals surface area contributed by atoms with Crippen LogP contribution in [0.1, 0.15) is 0 Å². The Bertz CT molecular complexity index is 627. The Balaban J connectivity index is 2.16. The van der Waals surface area contributed by atoms with Crippen molar-refractivity contribution in [1.29, 1.82) is 0 Å². The Labute approximate surface area is 111 Å². The van der Waals surface area contributed by atoms with Crippen LogP contribution in [-0.4, -0.2) is 14.5 Å². The second-order valence-corrected chi connectivity index (χ2v) is 4.34. The highest BCUT2D eigenvalue weighted by Gasteiger charge is 2.14. The van der Waals surface area contributed by atoms with Gasteiger partial charge in [0.15, 0.2) is 0 Å². The van der Waals surface area contributed by atoms with Crippen LogP contribution in [0.25, 0.3) is 22.6 Å². The average molecular weight is 250 g/mol. The van der Waals surface area contributed by atoms with Gasteiger partial charge in [0.2, 0.25) is 0 Å². The molecule has 19 heavy (non-hydrogen) atoms. The number of aromatic nitrogens is 3. The molecule has 1 aromatic carbocycles. The SMILES string of the molecule is Cn1c(-c2ccccc2)nc(-c2cccnc2)c1N. The first-order valence-corrected chi connectivity index (χ1v) is 6.05. The summed E-state index contributed by atoms with van der Waals surface area (Å²) in [6, 6.07) is 13.8. The van der Waals surface area contributed by atoms with Crippen LogP contribution in [-0.2, 0) is 7.05 Å². The van der Waals surface area contributed by atoms with E-state index in [1.165, 1.54) is 0 Å². The van der Waals surface area contributed by atoms with Crippen LogP contribution in [0.2, 0.25) is 0 Å². The van der Waals surface area contributed by atoms with Crippen molar-refractivity contribution in [3.8, 4) is 22.6 Å². The van der Waals surface area contributed by atoms with Crippen molar-refractivity contribution in [2.75, 3.05) is 5.73 Å². The van der Waals surface area contributed by atoms with Crippen molar-refractivity contribution < 1.29 is 0 Å². The molecule has 0 aliphatic heterocycles. The number of hydrogen-bond acceptors (Lipinski definition) is 3. The van der Waals surface area contributed by atoms with Crippen LogP contribution in [0.4, 0.5) is 5.82 Å². The summed E-state index contributed by atoms with van der Waals surface area (Å²) in [5, 5.41) is 0. The minimum Gasteiger partial charge on any atom is -0.383 e. The first-order valence-electron chi connectivity index (χ1n) is 6.05. The standard InChI is InChI=1S/C15H14N4/c1-19-14(16)13(12-8-5-9-17-10-12)18-15(19)11-6-3-2-4-7-11/h2-10H,16H2,1H3. The minimum atomic E-state index is 0.645. The van der Waals surface area contributed by atoms with E-state index in [9.17, 15) is 0 Å². The van der Waals surface area contributed by atoms with Gasteiger partial charge in [0, 0.05) is 30.6 Å². The average Bonchev–Trinajstić information content (AvgIpc) is 2.77. The molecule has 2 aromatic heterocycles. The molecule has 0 spiro atoms. The summed E-state index contributed by atoms with van der Waals surface area (Å²) in [4.78, 5) is 8.76.